The van der Waals surface area contributed by atoms with Crippen LogP contribution in [0.25, 0.3) is 0 Å². The van der Waals surface area contributed by atoms with Gasteiger partial charge in [-0.05, 0) is 37.5 Å². The largest absolute Gasteiger partial charge is 0.481 e. The fraction of sp³-hybridized carbons (Fsp3) is 0.462. The van der Waals surface area contributed by atoms with Crippen LogP contribution in [0, 0.1) is 5.92 Å². The van der Waals surface area contributed by atoms with Crippen LogP contribution in [-0.2, 0) is 4.79 Å². The molecular formula is C13H18N2O2. The van der Waals surface area contributed by atoms with Crippen LogP contribution in [0.5, 0.6) is 0 Å². The minimum atomic E-state index is -0.702. The van der Waals surface area contributed by atoms with E-state index in [4.69, 9.17) is 10.8 Å². The van der Waals surface area contributed by atoms with Crippen molar-refractivity contribution in [3.63, 3.8) is 0 Å². The number of nitrogens with two attached hydrogens (primary N) is 1. The number of nitrogens with one attached hydrogen (secondary N) is 1. The van der Waals surface area contributed by atoms with Crippen LogP contribution < -0.4 is 11.1 Å². The third-order valence-electron chi connectivity index (χ3n) is 3.31. The first-order valence-corrected chi connectivity index (χ1v) is 5.90. The summed E-state index contributed by atoms with van der Waals surface area (Å²) in [5.74, 6) is -0.968. The van der Waals surface area contributed by atoms with Crippen molar-refractivity contribution in [1.82, 2.24) is 5.32 Å². The first kappa shape index (κ1) is 11.9. The molecule has 1 heterocycles. The smallest absolute Gasteiger partial charge is 0.306 e. The van der Waals surface area contributed by atoms with E-state index >= 15 is 0 Å². The highest BCUT2D eigenvalue weighted by Gasteiger charge is 2.31. The number of rotatable bonds is 2. The van der Waals surface area contributed by atoms with Gasteiger partial charge < -0.3 is 16.2 Å². The highest BCUT2D eigenvalue weighted by Crippen LogP contribution is 2.30. The van der Waals surface area contributed by atoms with Gasteiger partial charge in [0.1, 0.15) is 0 Å². The van der Waals surface area contributed by atoms with E-state index in [1.807, 2.05) is 31.2 Å². The number of aliphatic carboxylic acids is 1. The minimum absolute atomic E-state index is 0.0864. The molecule has 0 amide bonds. The summed E-state index contributed by atoms with van der Waals surface area (Å²) < 4.78 is 0. The maximum absolute atomic E-state index is 11.1. The Bertz CT molecular complexity index is 420. The number of carbonyl (C=O) groups is 1. The second-order valence-electron chi connectivity index (χ2n) is 4.80. The van der Waals surface area contributed by atoms with Crippen LogP contribution in [0.2, 0.25) is 0 Å². The Labute approximate surface area is 101 Å². The molecule has 4 N–H and O–H groups in total. The topological polar surface area (TPSA) is 75.3 Å². The minimum Gasteiger partial charge on any atom is -0.481 e. The zero-order valence-electron chi connectivity index (χ0n) is 9.89. The lowest BCUT2D eigenvalue weighted by Crippen LogP contribution is -2.41. The normalized spacial score (nSPS) is 28.9. The molecule has 17 heavy (non-hydrogen) atoms. The summed E-state index contributed by atoms with van der Waals surface area (Å²) in [5.41, 5.74) is 7.54. The van der Waals surface area contributed by atoms with Crippen molar-refractivity contribution in [3.8, 4) is 0 Å². The molecule has 4 nitrogen and oxygen atoms in total. The van der Waals surface area contributed by atoms with Crippen molar-refractivity contribution < 1.29 is 9.90 Å². The summed E-state index contributed by atoms with van der Waals surface area (Å²) in [7, 11) is 0. The summed E-state index contributed by atoms with van der Waals surface area (Å²) in [6.45, 7) is 2.02. The molecule has 0 saturated carbocycles. The van der Waals surface area contributed by atoms with Gasteiger partial charge in [0.25, 0.3) is 0 Å². The first-order valence-electron chi connectivity index (χ1n) is 5.90. The maximum Gasteiger partial charge on any atom is 0.306 e. The molecule has 0 spiro atoms. The molecule has 3 unspecified atom stereocenters. The van der Waals surface area contributed by atoms with E-state index in [2.05, 4.69) is 5.32 Å². The average Bonchev–Trinajstić information content (AvgIpc) is 2.28. The van der Waals surface area contributed by atoms with Gasteiger partial charge in [-0.1, -0.05) is 12.1 Å². The number of carboxylic acids is 1. The summed E-state index contributed by atoms with van der Waals surface area (Å²) in [6, 6.07) is 7.95. The van der Waals surface area contributed by atoms with Gasteiger partial charge in [0.15, 0.2) is 0 Å². The predicted octanol–water partition coefficient (Wildman–Crippen LogP) is 1.78. The molecule has 1 fully saturated rings. The zero-order chi connectivity index (χ0) is 12.4. The standard InChI is InChI=1S/C13H18N2O2/c1-8-5-10(13(16)17)7-12(15-8)9-3-2-4-11(14)6-9/h2-4,6,8,10,12,15H,5,7,14H2,1H3,(H,16,17). The molecule has 0 bridgehead atoms. The monoisotopic (exact) mass is 234 g/mol. The van der Waals surface area contributed by atoms with E-state index in [0.29, 0.717) is 12.8 Å². The van der Waals surface area contributed by atoms with Crippen molar-refractivity contribution >= 4 is 11.7 Å². The zero-order valence-corrected chi connectivity index (χ0v) is 9.89. The molecule has 2 rings (SSSR count). The molecule has 0 aromatic heterocycles. The molecule has 1 saturated heterocycles. The fourth-order valence-electron chi connectivity index (χ4n) is 2.50. The SMILES string of the molecule is CC1CC(C(=O)O)CC(c2cccc(N)c2)N1. The van der Waals surface area contributed by atoms with E-state index in [1.165, 1.54) is 0 Å². The number of benzene rings is 1. The second kappa shape index (κ2) is 4.75. The Balaban J connectivity index is 2.18. The third-order valence-corrected chi connectivity index (χ3v) is 3.31. The van der Waals surface area contributed by atoms with E-state index in [-0.39, 0.29) is 18.0 Å². The Morgan fingerprint density at radius 1 is 1.47 bits per heavy atom. The molecule has 0 aliphatic carbocycles. The van der Waals surface area contributed by atoms with Crippen LogP contribution in [0.1, 0.15) is 31.4 Å². The fourth-order valence-corrected chi connectivity index (χ4v) is 2.50. The van der Waals surface area contributed by atoms with Crippen molar-refractivity contribution in [3.05, 3.63) is 29.8 Å². The molecule has 0 radical (unpaired) electrons. The van der Waals surface area contributed by atoms with Gasteiger partial charge in [0, 0.05) is 17.8 Å². The predicted molar refractivity (Wildman–Crippen MR) is 66.6 cm³/mol. The summed E-state index contributed by atoms with van der Waals surface area (Å²) in [4.78, 5) is 11.1. The number of piperidine rings is 1. The number of hydrogen-bond acceptors (Lipinski definition) is 3. The van der Waals surface area contributed by atoms with Crippen LogP contribution in [0.15, 0.2) is 24.3 Å². The van der Waals surface area contributed by atoms with Crippen LogP contribution in [0.3, 0.4) is 0 Å². The molecule has 1 aromatic rings. The van der Waals surface area contributed by atoms with Crippen molar-refractivity contribution in [1.29, 1.82) is 0 Å². The number of carboxylic acid groups (broad SMARTS) is 1. The van der Waals surface area contributed by atoms with Gasteiger partial charge in [-0.25, -0.2) is 0 Å². The van der Waals surface area contributed by atoms with Gasteiger partial charge in [0.2, 0.25) is 0 Å². The maximum atomic E-state index is 11.1. The van der Waals surface area contributed by atoms with E-state index in [1.54, 1.807) is 0 Å². The summed E-state index contributed by atoms with van der Waals surface area (Å²) >= 11 is 0. The quantitative estimate of drug-likeness (QED) is 0.682. The third kappa shape index (κ3) is 2.77. The second-order valence-corrected chi connectivity index (χ2v) is 4.80. The van der Waals surface area contributed by atoms with Gasteiger partial charge in [0.05, 0.1) is 5.92 Å². The highest BCUT2D eigenvalue weighted by atomic mass is 16.4. The Morgan fingerprint density at radius 3 is 2.88 bits per heavy atom. The van der Waals surface area contributed by atoms with Crippen molar-refractivity contribution in [2.45, 2.75) is 31.8 Å². The Hall–Kier alpha value is -1.55. The van der Waals surface area contributed by atoms with E-state index in [0.717, 1.165) is 11.3 Å². The van der Waals surface area contributed by atoms with Crippen molar-refractivity contribution in [2.24, 2.45) is 5.92 Å². The summed E-state index contributed by atoms with van der Waals surface area (Å²) in [5, 5.41) is 12.5. The molecule has 3 atom stereocenters. The van der Waals surface area contributed by atoms with E-state index < -0.39 is 5.97 Å². The first-order chi connectivity index (χ1) is 8.06. The summed E-state index contributed by atoms with van der Waals surface area (Å²) in [6.07, 6.45) is 1.32. The van der Waals surface area contributed by atoms with Crippen LogP contribution in [0.4, 0.5) is 5.69 Å². The lowest BCUT2D eigenvalue weighted by atomic mass is 9.85. The molecule has 92 valence electrons. The van der Waals surface area contributed by atoms with E-state index in [9.17, 15) is 4.79 Å². The number of hydrogen-bond donors (Lipinski definition) is 3. The van der Waals surface area contributed by atoms with Crippen LogP contribution >= 0.6 is 0 Å². The van der Waals surface area contributed by atoms with Crippen LogP contribution in [-0.4, -0.2) is 17.1 Å². The Morgan fingerprint density at radius 2 is 2.24 bits per heavy atom. The molecule has 1 aliphatic heterocycles. The average molecular weight is 234 g/mol. The number of nitrogen functional groups attached to an aromatic ring is 1. The van der Waals surface area contributed by atoms with Gasteiger partial charge in [-0.15, -0.1) is 0 Å². The van der Waals surface area contributed by atoms with Gasteiger partial charge >= 0.3 is 5.97 Å². The molecule has 1 aromatic carbocycles. The Kier molecular flexibility index (Phi) is 3.33. The van der Waals surface area contributed by atoms with Crippen molar-refractivity contribution in [2.75, 3.05) is 5.73 Å². The van der Waals surface area contributed by atoms with Gasteiger partial charge in [-0.3, -0.25) is 4.79 Å². The lowest BCUT2D eigenvalue weighted by Gasteiger charge is -2.33. The highest BCUT2D eigenvalue weighted by molar-refractivity contribution is 5.70. The molecule has 4 heteroatoms. The van der Waals surface area contributed by atoms with Gasteiger partial charge in [-0.2, -0.15) is 0 Å². The lowest BCUT2D eigenvalue weighted by molar-refractivity contribution is -0.143. The molecular weight excluding hydrogens is 216 g/mol. The number of anilines is 1. The molecule has 1 aliphatic rings.